The molecule has 1 saturated carbocycles. The smallest absolute Gasteiger partial charge is 0.325 e. The number of nitrogens with one attached hydrogen (secondary N) is 2. The van der Waals surface area contributed by atoms with E-state index in [9.17, 15) is 22.8 Å². The summed E-state index contributed by atoms with van der Waals surface area (Å²) in [6.45, 7) is 2.13. The van der Waals surface area contributed by atoms with Gasteiger partial charge in [0.2, 0.25) is 15.9 Å². The van der Waals surface area contributed by atoms with Gasteiger partial charge in [0.05, 0.1) is 17.7 Å². The van der Waals surface area contributed by atoms with E-state index in [4.69, 9.17) is 4.74 Å². The number of urea groups is 1. The van der Waals surface area contributed by atoms with Crippen molar-refractivity contribution in [3.63, 3.8) is 0 Å². The van der Waals surface area contributed by atoms with Crippen molar-refractivity contribution in [3.05, 3.63) is 18.2 Å². The largest absolute Gasteiger partial charge is 0.495 e. The highest BCUT2D eigenvalue weighted by Crippen LogP contribution is 2.42. The topological polar surface area (TPSA) is 125 Å². The van der Waals surface area contributed by atoms with Crippen molar-refractivity contribution in [2.45, 2.75) is 55.9 Å². The van der Waals surface area contributed by atoms with E-state index in [0.717, 1.165) is 43.4 Å². The summed E-state index contributed by atoms with van der Waals surface area (Å²) in [5.74, 6) is -0.683. The molecule has 1 aromatic rings. The van der Waals surface area contributed by atoms with Crippen LogP contribution >= 0.6 is 0 Å². The quantitative estimate of drug-likeness (QED) is 0.577. The van der Waals surface area contributed by atoms with Gasteiger partial charge in [0, 0.05) is 13.1 Å². The molecule has 0 unspecified atom stereocenters. The average Bonchev–Trinajstić information content (AvgIpc) is 3.62. The van der Waals surface area contributed by atoms with Crippen LogP contribution in [0.15, 0.2) is 23.1 Å². The number of nitrogens with zero attached hydrogens (tertiary/aromatic N) is 2. The van der Waals surface area contributed by atoms with Crippen LogP contribution in [0.1, 0.15) is 45.4 Å². The highest BCUT2D eigenvalue weighted by Gasteiger charge is 2.56. The summed E-state index contributed by atoms with van der Waals surface area (Å²) >= 11 is 0. The summed E-state index contributed by atoms with van der Waals surface area (Å²) in [7, 11) is -2.32. The van der Waals surface area contributed by atoms with E-state index in [-0.39, 0.29) is 22.3 Å². The van der Waals surface area contributed by atoms with Crippen LogP contribution in [0.3, 0.4) is 0 Å². The summed E-state index contributed by atoms with van der Waals surface area (Å²) in [5.41, 5.74) is -0.814. The molecule has 1 aliphatic carbocycles. The van der Waals surface area contributed by atoms with Crippen LogP contribution in [0.25, 0.3) is 0 Å². The van der Waals surface area contributed by atoms with E-state index >= 15 is 0 Å². The van der Waals surface area contributed by atoms with E-state index in [0.29, 0.717) is 13.1 Å². The predicted octanol–water partition coefficient (Wildman–Crippen LogP) is 1.92. The SMILES string of the molecule is COc1ccc(S(=O)(=O)N2CCCCCC2)cc1NC(=O)CN1C(=O)N[C@@](C)(C2CC2)C1=O. The Kier molecular flexibility index (Phi) is 6.37. The maximum Gasteiger partial charge on any atom is 0.325 e. The van der Waals surface area contributed by atoms with Crippen molar-refractivity contribution in [2.24, 2.45) is 5.92 Å². The number of amides is 4. The number of hydrogen-bond donors (Lipinski definition) is 2. The first-order valence-electron chi connectivity index (χ1n) is 11.3. The van der Waals surface area contributed by atoms with Crippen LogP contribution in [0.2, 0.25) is 0 Å². The number of carbonyl (C=O) groups excluding carboxylic acids is 3. The van der Waals surface area contributed by atoms with Crippen LogP contribution in [-0.2, 0) is 19.6 Å². The molecule has 2 aliphatic heterocycles. The molecule has 0 aromatic heterocycles. The summed E-state index contributed by atoms with van der Waals surface area (Å²) in [5, 5.41) is 5.31. The van der Waals surface area contributed by atoms with Crippen LogP contribution in [0.4, 0.5) is 10.5 Å². The van der Waals surface area contributed by atoms with Crippen molar-refractivity contribution >= 4 is 33.6 Å². The lowest BCUT2D eigenvalue weighted by atomic mass is 9.96. The standard InChI is InChI=1S/C22H30N4O6S/c1-22(15-7-8-15)20(28)26(21(29)24-22)14-19(27)23-17-13-16(9-10-18(17)32-2)33(30,31)25-11-5-3-4-6-12-25/h9-10,13,15H,3-8,11-12,14H2,1-2H3,(H,23,27)(H,24,29)/t22-/m0/s1. The van der Waals surface area contributed by atoms with Gasteiger partial charge in [0.15, 0.2) is 0 Å². The number of methoxy groups -OCH3 is 1. The van der Waals surface area contributed by atoms with Gasteiger partial charge in [-0.2, -0.15) is 4.31 Å². The van der Waals surface area contributed by atoms with Gasteiger partial charge in [-0.1, -0.05) is 12.8 Å². The summed E-state index contributed by atoms with van der Waals surface area (Å²) < 4.78 is 33.1. The molecule has 0 spiro atoms. The van der Waals surface area contributed by atoms with Crippen LogP contribution in [0, 0.1) is 5.92 Å². The predicted molar refractivity (Wildman–Crippen MR) is 120 cm³/mol. The van der Waals surface area contributed by atoms with E-state index < -0.39 is 40.0 Å². The molecule has 0 bridgehead atoms. The molecule has 2 N–H and O–H groups in total. The molecule has 0 radical (unpaired) electrons. The lowest BCUT2D eigenvalue weighted by molar-refractivity contribution is -0.134. The number of hydrogen-bond acceptors (Lipinski definition) is 6. The molecule has 3 fully saturated rings. The van der Waals surface area contributed by atoms with E-state index in [2.05, 4.69) is 10.6 Å². The molecule has 180 valence electrons. The molecule has 3 aliphatic rings. The Bertz CT molecular complexity index is 1060. The number of imide groups is 1. The van der Waals surface area contributed by atoms with Gasteiger partial charge in [-0.05, 0) is 56.7 Å². The van der Waals surface area contributed by atoms with Crippen molar-refractivity contribution < 1.29 is 27.5 Å². The second kappa shape index (κ2) is 8.94. The zero-order valence-electron chi connectivity index (χ0n) is 18.9. The van der Waals surface area contributed by atoms with Crippen LogP contribution < -0.4 is 15.4 Å². The maximum absolute atomic E-state index is 13.2. The van der Waals surface area contributed by atoms with Crippen molar-refractivity contribution in [1.82, 2.24) is 14.5 Å². The minimum Gasteiger partial charge on any atom is -0.495 e. The molecule has 2 saturated heterocycles. The Labute approximate surface area is 193 Å². The number of rotatable bonds is 7. The third-order valence-electron chi connectivity index (χ3n) is 6.64. The number of anilines is 1. The lowest BCUT2D eigenvalue weighted by Crippen LogP contribution is -2.46. The minimum absolute atomic E-state index is 0.0526. The summed E-state index contributed by atoms with van der Waals surface area (Å²) in [4.78, 5) is 38.8. The first kappa shape index (κ1) is 23.5. The van der Waals surface area contributed by atoms with E-state index in [1.807, 2.05) is 0 Å². The van der Waals surface area contributed by atoms with E-state index in [1.165, 1.54) is 29.6 Å². The Hall–Kier alpha value is -2.66. The van der Waals surface area contributed by atoms with Crippen molar-refractivity contribution in [3.8, 4) is 5.75 Å². The third kappa shape index (κ3) is 4.56. The number of ether oxygens (including phenoxy) is 1. The van der Waals surface area contributed by atoms with Gasteiger partial charge >= 0.3 is 6.03 Å². The molecule has 2 heterocycles. The monoisotopic (exact) mass is 478 g/mol. The number of benzene rings is 1. The molecule has 1 aromatic carbocycles. The van der Waals surface area contributed by atoms with Gasteiger partial charge in [-0.15, -0.1) is 0 Å². The highest BCUT2D eigenvalue weighted by atomic mass is 32.2. The Balaban J connectivity index is 1.51. The molecule has 11 heteroatoms. The van der Waals surface area contributed by atoms with Crippen molar-refractivity contribution in [1.29, 1.82) is 0 Å². The fourth-order valence-corrected chi connectivity index (χ4v) is 6.05. The Morgan fingerprint density at radius 2 is 1.85 bits per heavy atom. The number of sulfonamides is 1. The molecule has 33 heavy (non-hydrogen) atoms. The third-order valence-corrected chi connectivity index (χ3v) is 8.54. The first-order chi connectivity index (χ1) is 15.7. The zero-order valence-corrected chi connectivity index (χ0v) is 19.7. The molecule has 4 rings (SSSR count). The number of carbonyl (C=O) groups is 3. The molecule has 1 atom stereocenters. The fourth-order valence-electron chi connectivity index (χ4n) is 4.51. The average molecular weight is 479 g/mol. The second-order valence-electron chi connectivity index (χ2n) is 9.03. The van der Waals surface area contributed by atoms with Gasteiger partial charge in [0.25, 0.3) is 5.91 Å². The Morgan fingerprint density at radius 3 is 2.45 bits per heavy atom. The van der Waals surface area contributed by atoms with E-state index in [1.54, 1.807) is 6.92 Å². The first-order valence-corrected chi connectivity index (χ1v) is 12.7. The van der Waals surface area contributed by atoms with Crippen molar-refractivity contribution in [2.75, 3.05) is 32.1 Å². The fraction of sp³-hybridized carbons (Fsp3) is 0.591. The molecule has 4 amide bonds. The van der Waals surface area contributed by atoms with Gasteiger partial charge in [-0.3, -0.25) is 14.5 Å². The maximum atomic E-state index is 13.2. The van der Waals surface area contributed by atoms with Crippen LogP contribution in [0.5, 0.6) is 5.75 Å². The second-order valence-corrected chi connectivity index (χ2v) is 11.0. The van der Waals surface area contributed by atoms with Gasteiger partial charge in [0.1, 0.15) is 17.8 Å². The van der Waals surface area contributed by atoms with Crippen LogP contribution in [-0.4, -0.2) is 67.8 Å². The normalized spacial score (nSPS) is 24.4. The highest BCUT2D eigenvalue weighted by molar-refractivity contribution is 7.89. The minimum atomic E-state index is -3.73. The van der Waals surface area contributed by atoms with Gasteiger partial charge < -0.3 is 15.4 Å². The molecular formula is C22H30N4O6S. The van der Waals surface area contributed by atoms with Gasteiger partial charge in [-0.25, -0.2) is 13.2 Å². The summed E-state index contributed by atoms with van der Waals surface area (Å²) in [6, 6.07) is 3.69. The lowest BCUT2D eigenvalue weighted by Gasteiger charge is -2.21. The zero-order chi connectivity index (χ0) is 23.8. The molecule has 10 nitrogen and oxygen atoms in total. The molecular weight excluding hydrogens is 448 g/mol. The Morgan fingerprint density at radius 1 is 1.18 bits per heavy atom. The summed E-state index contributed by atoms with van der Waals surface area (Å²) in [6.07, 6.45) is 5.34.